The van der Waals surface area contributed by atoms with E-state index in [4.69, 9.17) is 30.6 Å². The SMILES string of the molecule is O.O=C(O)[C@H](O)[C@@H](O)[C@H](O)[C@H](O)CO.[CaH2]. The molecule has 0 bridgehead atoms. The third kappa shape index (κ3) is 6.61. The van der Waals surface area contributed by atoms with Crippen molar-refractivity contribution in [1.82, 2.24) is 0 Å². The summed E-state index contributed by atoms with van der Waals surface area (Å²) in [5, 5.41) is 51.8. The number of carboxylic acids is 1. The first-order chi connectivity index (χ1) is 5.91. The van der Waals surface area contributed by atoms with Crippen molar-refractivity contribution in [2.45, 2.75) is 24.4 Å². The second-order valence-electron chi connectivity index (χ2n) is 2.51. The quantitative estimate of drug-likeness (QED) is 0.267. The summed E-state index contributed by atoms with van der Waals surface area (Å²) < 4.78 is 0. The van der Waals surface area contributed by atoms with Gasteiger partial charge in [-0.15, -0.1) is 0 Å². The van der Waals surface area contributed by atoms with Crippen LogP contribution >= 0.6 is 0 Å². The van der Waals surface area contributed by atoms with Crippen LogP contribution in [0.15, 0.2) is 0 Å². The number of carbonyl (C=O) groups is 1. The zero-order valence-electron chi connectivity index (χ0n) is 7.11. The molecule has 0 saturated heterocycles. The topological polar surface area (TPSA) is 170 Å². The van der Waals surface area contributed by atoms with E-state index in [9.17, 15) is 4.79 Å². The molecule has 4 atom stereocenters. The number of hydrogen-bond acceptors (Lipinski definition) is 6. The Bertz CT molecular complexity index is 177. The first-order valence-electron chi connectivity index (χ1n) is 3.47. The third-order valence-corrected chi connectivity index (χ3v) is 1.51. The summed E-state index contributed by atoms with van der Waals surface area (Å²) >= 11 is 0. The number of aliphatic hydroxyl groups is 5. The summed E-state index contributed by atoms with van der Waals surface area (Å²) in [5.41, 5.74) is 0. The minimum absolute atomic E-state index is 0. The first-order valence-corrected chi connectivity index (χ1v) is 3.47. The molecule has 15 heavy (non-hydrogen) atoms. The number of hydrogen-bond donors (Lipinski definition) is 6. The molecular weight excluding hydrogens is 240 g/mol. The van der Waals surface area contributed by atoms with E-state index < -0.39 is 37.0 Å². The van der Waals surface area contributed by atoms with E-state index in [0.717, 1.165) is 0 Å². The van der Waals surface area contributed by atoms with E-state index in [0.29, 0.717) is 0 Å². The molecule has 9 heteroatoms. The van der Waals surface area contributed by atoms with Crippen LogP contribution in [-0.2, 0) is 4.79 Å². The molecule has 0 aliphatic heterocycles. The molecule has 0 fully saturated rings. The van der Waals surface area contributed by atoms with Gasteiger partial charge in [0, 0.05) is 0 Å². The van der Waals surface area contributed by atoms with Crippen LogP contribution in [0.25, 0.3) is 0 Å². The second kappa shape index (κ2) is 9.70. The molecule has 0 aliphatic rings. The summed E-state index contributed by atoms with van der Waals surface area (Å²) in [4.78, 5) is 10.1. The second-order valence-corrected chi connectivity index (χ2v) is 2.51. The van der Waals surface area contributed by atoms with Gasteiger partial charge in [-0.2, -0.15) is 0 Å². The number of rotatable bonds is 5. The van der Waals surface area contributed by atoms with Crippen molar-refractivity contribution >= 4 is 43.7 Å². The fourth-order valence-corrected chi connectivity index (χ4v) is 0.668. The Balaban J connectivity index is -0.000000720. The molecular formula is C6H16CaO8. The molecule has 0 unspecified atom stereocenters. The van der Waals surface area contributed by atoms with Crippen LogP contribution in [0.3, 0.4) is 0 Å². The maximum atomic E-state index is 10.1. The molecule has 0 heterocycles. The Labute approximate surface area is 115 Å². The van der Waals surface area contributed by atoms with Crippen LogP contribution < -0.4 is 0 Å². The van der Waals surface area contributed by atoms with E-state index in [-0.39, 0.29) is 43.2 Å². The van der Waals surface area contributed by atoms with Crippen LogP contribution in [0.2, 0.25) is 0 Å². The molecule has 0 rings (SSSR count). The van der Waals surface area contributed by atoms with Crippen LogP contribution in [0.1, 0.15) is 0 Å². The molecule has 0 spiro atoms. The van der Waals surface area contributed by atoms with E-state index >= 15 is 0 Å². The molecule has 0 aromatic rings. The van der Waals surface area contributed by atoms with Gasteiger partial charge in [-0.1, -0.05) is 0 Å². The van der Waals surface area contributed by atoms with Gasteiger partial charge < -0.3 is 36.1 Å². The molecule has 0 aromatic carbocycles. The van der Waals surface area contributed by atoms with Crippen LogP contribution in [0.5, 0.6) is 0 Å². The van der Waals surface area contributed by atoms with Crippen LogP contribution in [0.4, 0.5) is 0 Å². The molecule has 0 radical (unpaired) electrons. The van der Waals surface area contributed by atoms with E-state index in [1.54, 1.807) is 0 Å². The normalized spacial score (nSPS) is 17.7. The predicted octanol–water partition coefficient (Wildman–Crippen LogP) is -5.23. The van der Waals surface area contributed by atoms with Crippen LogP contribution in [-0.4, -0.2) is 111 Å². The van der Waals surface area contributed by atoms with Gasteiger partial charge in [0.15, 0.2) is 6.10 Å². The van der Waals surface area contributed by atoms with Gasteiger partial charge in [-0.05, 0) is 0 Å². The van der Waals surface area contributed by atoms with Crippen molar-refractivity contribution in [3.8, 4) is 0 Å². The van der Waals surface area contributed by atoms with Crippen molar-refractivity contribution in [1.29, 1.82) is 0 Å². The summed E-state index contributed by atoms with van der Waals surface area (Å²) in [5.74, 6) is -1.73. The van der Waals surface area contributed by atoms with Gasteiger partial charge in [-0.3, -0.25) is 0 Å². The molecule has 0 aromatic heterocycles. The Morgan fingerprint density at radius 2 is 1.47 bits per heavy atom. The Morgan fingerprint density at radius 1 is 1.07 bits per heavy atom. The molecule has 0 aliphatic carbocycles. The number of aliphatic hydroxyl groups excluding tert-OH is 5. The standard InChI is InChI=1S/C6H12O7.Ca.H2O.2H/c7-1-2(8)3(9)4(10)5(11)6(12)13;;;;/h2-5,7-11H,1H2,(H,12,13);;1H2;;/t2-,3-,4+,5-;;;;/m1..../s1. The Hall–Kier alpha value is 0.490. The van der Waals surface area contributed by atoms with Crippen molar-refractivity contribution in [2.24, 2.45) is 0 Å². The number of aliphatic carboxylic acids is 1. The Morgan fingerprint density at radius 3 is 1.73 bits per heavy atom. The third-order valence-electron chi connectivity index (χ3n) is 1.51. The molecule has 0 saturated carbocycles. The van der Waals surface area contributed by atoms with E-state index in [1.807, 2.05) is 0 Å². The van der Waals surface area contributed by atoms with Gasteiger partial charge in [0.1, 0.15) is 18.3 Å². The van der Waals surface area contributed by atoms with Crippen molar-refractivity contribution in [2.75, 3.05) is 6.61 Å². The average Bonchev–Trinajstić information content (AvgIpc) is 2.12. The van der Waals surface area contributed by atoms with Crippen molar-refractivity contribution in [3.63, 3.8) is 0 Å². The predicted molar refractivity (Wildman–Crippen MR) is 50.9 cm³/mol. The fourth-order valence-electron chi connectivity index (χ4n) is 0.668. The number of carboxylic acid groups (broad SMARTS) is 1. The molecule has 8 N–H and O–H groups in total. The van der Waals surface area contributed by atoms with Gasteiger partial charge in [0.2, 0.25) is 0 Å². The van der Waals surface area contributed by atoms with Crippen LogP contribution in [0, 0.1) is 0 Å². The summed E-state index contributed by atoms with van der Waals surface area (Å²) in [6.07, 6.45) is -7.84. The molecule has 8 nitrogen and oxygen atoms in total. The molecule has 0 amide bonds. The molecule has 90 valence electrons. The zero-order valence-corrected chi connectivity index (χ0v) is 7.11. The van der Waals surface area contributed by atoms with Gasteiger partial charge in [0.25, 0.3) is 0 Å². The van der Waals surface area contributed by atoms with Gasteiger partial charge in [-0.25, -0.2) is 4.79 Å². The first kappa shape index (κ1) is 20.8. The van der Waals surface area contributed by atoms with E-state index in [2.05, 4.69) is 0 Å². The average molecular weight is 256 g/mol. The summed E-state index contributed by atoms with van der Waals surface area (Å²) in [7, 11) is 0. The van der Waals surface area contributed by atoms with E-state index in [1.165, 1.54) is 0 Å². The fraction of sp³-hybridized carbons (Fsp3) is 0.833. The minimum atomic E-state index is -2.20. The van der Waals surface area contributed by atoms with Gasteiger partial charge >= 0.3 is 43.7 Å². The van der Waals surface area contributed by atoms with Crippen molar-refractivity contribution in [3.05, 3.63) is 0 Å². The van der Waals surface area contributed by atoms with Gasteiger partial charge in [0.05, 0.1) is 6.61 Å². The van der Waals surface area contributed by atoms with Crippen molar-refractivity contribution < 1.29 is 40.9 Å². The summed E-state index contributed by atoms with van der Waals surface area (Å²) in [6.45, 7) is -0.843. The zero-order chi connectivity index (χ0) is 10.6. The maximum absolute atomic E-state index is 10.1. The monoisotopic (exact) mass is 256 g/mol. The Kier molecular flexibility index (Phi) is 13.5. The summed E-state index contributed by atoms with van der Waals surface area (Å²) in [6, 6.07) is 0.